The number of aliphatic imine (C=N–C) groups is 1. The molecule has 2 aromatic rings. The Balaban J connectivity index is 1.63. The molecular formula is C29H36ClN7O2. The largest absolute Gasteiger partial charge is 0.384 e. The van der Waals surface area contributed by atoms with Crippen molar-refractivity contribution in [3.63, 3.8) is 0 Å². The molecule has 4 rings (SSSR count). The minimum absolute atomic E-state index is 0.00760. The van der Waals surface area contributed by atoms with E-state index in [1.54, 1.807) is 24.3 Å². The molecule has 1 unspecified atom stereocenters. The Morgan fingerprint density at radius 3 is 2.51 bits per heavy atom. The topological polar surface area (TPSA) is 136 Å². The first-order valence-corrected chi connectivity index (χ1v) is 13.8. The number of nitrogens with two attached hydrogens (primary N) is 1. The van der Waals surface area contributed by atoms with Gasteiger partial charge in [-0.05, 0) is 73.8 Å². The van der Waals surface area contributed by atoms with Crippen LogP contribution in [0.1, 0.15) is 80.4 Å². The third-order valence-electron chi connectivity index (χ3n) is 7.93. The van der Waals surface area contributed by atoms with E-state index >= 15 is 0 Å². The average Bonchev–Trinajstić information content (AvgIpc) is 3.20. The van der Waals surface area contributed by atoms with Crippen molar-refractivity contribution in [2.45, 2.75) is 64.6 Å². The van der Waals surface area contributed by atoms with Crippen LogP contribution in [0.2, 0.25) is 5.02 Å². The molecule has 1 fully saturated rings. The van der Waals surface area contributed by atoms with Crippen molar-refractivity contribution in [1.82, 2.24) is 10.2 Å². The summed E-state index contributed by atoms with van der Waals surface area (Å²) < 4.78 is 0. The standard InChI is InChI=1S/C29H36ClN7O2/c1-4-24(20-8-10-21(11-9-20)27(38)33-17-25(31)35-36-32)37-28(39)26(22-6-5-7-23(30)16-22)34-29(37)14-12-19(13-15-29)18(2)3/h5-11,16,18-19,24H,4,12-15,17H2,1-3H3,(H,33,38)(H3,31,32,35). The van der Waals surface area contributed by atoms with Crippen LogP contribution in [0.25, 0.3) is 0 Å². The Morgan fingerprint density at radius 2 is 1.92 bits per heavy atom. The van der Waals surface area contributed by atoms with Crippen molar-refractivity contribution in [2.24, 2.45) is 32.9 Å². The second kappa shape index (κ2) is 12.1. The lowest BCUT2D eigenvalue weighted by Crippen LogP contribution is -2.51. The monoisotopic (exact) mass is 549 g/mol. The molecular weight excluding hydrogens is 514 g/mol. The van der Waals surface area contributed by atoms with Gasteiger partial charge in [-0.2, -0.15) is 5.53 Å². The molecule has 1 spiro atoms. The molecule has 39 heavy (non-hydrogen) atoms. The van der Waals surface area contributed by atoms with E-state index in [0.29, 0.717) is 34.6 Å². The van der Waals surface area contributed by atoms with Crippen molar-refractivity contribution in [1.29, 1.82) is 5.53 Å². The molecule has 1 aliphatic carbocycles. The summed E-state index contributed by atoms with van der Waals surface area (Å²) in [5.41, 5.74) is 14.3. The van der Waals surface area contributed by atoms with Gasteiger partial charge in [0, 0.05) is 16.1 Å². The SMILES string of the molecule is CCC(c1ccc(C(=O)NCC(N)=NN=N)cc1)N1C(=O)C(c2cccc(Cl)c2)=NC12CCC(C(C)C)CC2. The van der Waals surface area contributed by atoms with Gasteiger partial charge >= 0.3 is 0 Å². The number of nitrogens with one attached hydrogen (secondary N) is 2. The molecule has 10 heteroatoms. The van der Waals surface area contributed by atoms with E-state index in [1.165, 1.54) is 0 Å². The summed E-state index contributed by atoms with van der Waals surface area (Å²) in [4.78, 5) is 33.8. The van der Waals surface area contributed by atoms with Crippen LogP contribution in [0, 0.1) is 17.4 Å². The number of halogens is 1. The molecule has 1 atom stereocenters. The Bertz CT molecular complexity index is 1280. The quantitative estimate of drug-likeness (QED) is 0.160. The van der Waals surface area contributed by atoms with Crippen LogP contribution in [0.15, 0.2) is 63.8 Å². The van der Waals surface area contributed by atoms with Gasteiger partial charge in [-0.3, -0.25) is 14.6 Å². The van der Waals surface area contributed by atoms with Gasteiger partial charge in [0.2, 0.25) is 0 Å². The highest BCUT2D eigenvalue weighted by Crippen LogP contribution is 2.47. The zero-order valence-electron chi connectivity index (χ0n) is 22.7. The van der Waals surface area contributed by atoms with Crippen molar-refractivity contribution < 1.29 is 9.59 Å². The first-order chi connectivity index (χ1) is 18.7. The van der Waals surface area contributed by atoms with Crippen LogP contribution >= 0.6 is 11.6 Å². The average molecular weight is 550 g/mol. The number of carbonyl (C=O) groups is 2. The first-order valence-electron chi connectivity index (χ1n) is 13.5. The van der Waals surface area contributed by atoms with Crippen LogP contribution in [-0.4, -0.2) is 40.5 Å². The lowest BCUT2D eigenvalue weighted by atomic mass is 9.76. The fraction of sp³-hybridized carbons (Fsp3) is 0.448. The van der Waals surface area contributed by atoms with Gasteiger partial charge in [0.15, 0.2) is 0 Å². The smallest absolute Gasteiger partial charge is 0.275 e. The molecule has 0 bridgehead atoms. The van der Waals surface area contributed by atoms with E-state index < -0.39 is 5.66 Å². The first kappa shape index (κ1) is 28.4. The van der Waals surface area contributed by atoms with E-state index in [2.05, 4.69) is 36.4 Å². The maximum atomic E-state index is 14.1. The third kappa shape index (κ3) is 6.03. The molecule has 1 saturated carbocycles. The number of hydrogen-bond acceptors (Lipinski definition) is 5. The van der Waals surface area contributed by atoms with E-state index in [-0.39, 0.29) is 30.2 Å². The number of nitrogens with zero attached hydrogens (tertiary/aromatic N) is 4. The van der Waals surface area contributed by atoms with Crippen LogP contribution < -0.4 is 11.1 Å². The van der Waals surface area contributed by atoms with E-state index in [4.69, 9.17) is 27.9 Å². The fourth-order valence-corrected chi connectivity index (χ4v) is 5.98. The number of benzene rings is 2. The highest BCUT2D eigenvalue weighted by atomic mass is 35.5. The maximum absolute atomic E-state index is 14.1. The van der Waals surface area contributed by atoms with Gasteiger partial charge in [0.25, 0.3) is 11.8 Å². The molecule has 4 N–H and O–H groups in total. The van der Waals surface area contributed by atoms with Gasteiger partial charge in [-0.15, -0.1) is 5.10 Å². The molecule has 1 aliphatic heterocycles. The molecule has 9 nitrogen and oxygen atoms in total. The molecule has 2 aliphatic rings. The molecule has 0 aromatic heterocycles. The summed E-state index contributed by atoms with van der Waals surface area (Å²) in [6.45, 7) is 6.59. The predicted octanol–water partition coefficient (Wildman–Crippen LogP) is 5.70. The number of amides is 2. The number of hydrogen-bond donors (Lipinski definition) is 3. The van der Waals surface area contributed by atoms with Gasteiger partial charge < -0.3 is 16.0 Å². The Labute approximate surface area is 234 Å². The number of rotatable bonds is 9. The molecule has 1 heterocycles. The molecule has 0 radical (unpaired) electrons. The second-order valence-electron chi connectivity index (χ2n) is 10.6. The zero-order valence-corrected chi connectivity index (χ0v) is 23.4. The molecule has 0 saturated heterocycles. The van der Waals surface area contributed by atoms with Crippen LogP contribution in [-0.2, 0) is 4.79 Å². The van der Waals surface area contributed by atoms with Crippen LogP contribution in [0.3, 0.4) is 0 Å². The van der Waals surface area contributed by atoms with Crippen molar-refractivity contribution in [3.05, 3.63) is 70.2 Å². The predicted molar refractivity (Wildman–Crippen MR) is 153 cm³/mol. The summed E-state index contributed by atoms with van der Waals surface area (Å²) in [7, 11) is 0. The lowest BCUT2D eigenvalue weighted by molar-refractivity contribution is -0.133. The minimum atomic E-state index is -0.601. The van der Waals surface area contributed by atoms with Crippen molar-refractivity contribution in [3.8, 4) is 0 Å². The Hall–Kier alpha value is -3.59. The third-order valence-corrected chi connectivity index (χ3v) is 8.16. The lowest BCUT2D eigenvalue weighted by Gasteiger charge is -2.46. The molecule has 2 amide bonds. The summed E-state index contributed by atoms with van der Waals surface area (Å²) in [6, 6.07) is 14.4. The van der Waals surface area contributed by atoms with Crippen molar-refractivity contribution in [2.75, 3.05) is 6.54 Å². The fourth-order valence-electron chi connectivity index (χ4n) is 5.79. The van der Waals surface area contributed by atoms with Gasteiger partial charge in [0.1, 0.15) is 17.2 Å². The normalized spacial score (nSPS) is 22.2. The van der Waals surface area contributed by atoms with Crippen LogP contribution in [0.4, 0.5) is 0 Å². The summed E-state index contributed by atoms with van der Waals surface area (Å²) >= 11 is 6.28. The summed E-state index contributed by atoms with van der Waals surface area (Å²) in [5.74, 6) is 0.854. The van der Waals surface area contributed by atoms with E-state index in [1.807, 2.05) is 29.2 Å². The zero-order chi connectivity index (χ0) is 28.2. The van der Waals surface area contributed by atoms with Gasteiger partial charge in [-0.1, -0.05) is 61.9 Å². The molecule has 206 valence electrons. The second-order valence-corrected chi connectivity index (χ2v) is 11.1. The number of amidine groups is 1. The summed E-state index contributed by atoms with van der Waals surface area (Å²) in [5, 5.41) is 9.49. The Morgan fingerprint density at radius 1 is 1.23 bits per heavy atom. The van der Waals surface area contributed by atoms with E-state index in [0.717, 1.165) is 36.8 Å². The highest BCUT2D eigenvalue weighted by molar-refractivity contribution is 6.47. The highest BCUT2D eigenvalue weighted by Gasteiger charge is 2.51. The molecule has 2 aromatic carbocycles. The maximum Gasteiger partial charge on any atom is 0.275 e. The van der Waals surface area contributed by atoms with Crippen LogP contribution in [0.5, 0.6) is 0 Å². The summed E-state index contributed by atoms with van der Waals surface area (Å²) in [6.07, 6.45) is 4.37. The van der Waals surface area contributed by atoms with Crippen molar-refractivity contribution >= 4 is 35.0 Å². The van der Waals surface area contributed by atoms with E-state index in [9.17, 15) is 9.59 Å². The number of carbonyl (C=O) groups excluding carboxylic acids is 2. The Kier molecular flexibility index (Phi) is 8.80. The minimum Gasteiger partial charge on any atom is -0.384 e. The van der Waals surface area contributed by atoms with Gasteiger partial charge in [-0.25, -0.2) is 0 Å². The van der Waals surface area contributed by atoms with Gasteiger partial charge in [0.05, 0.1) is 12.6 Å².